The Labute approximate surface area is 161 Å². The molecule has 0 saturated heterocycles. The number of nitrogens with one attached hydrogen (secondary N) is 3. The molecule has 0 aliphatic carbocycles. The molecule has 3 N–H and O–H groups in total. The third-order valence-electron chi connectivity index (χ3n) is 3.91. The van der Waals surface area contributed by atoms with Crippen molar-refractivity contribution in [2.24, 2.45) is 0 Å². The van der Waals surface area contributed by atoms with Crippen LogP contribution < -0.4 is 16.0 Å². The van der Waals surface area contributed by atoms with E-state index >= 15 is 0 Å². The fourth-order valence-corrected chi connectivity index (χ4v) is 2.52. The lowest BCUT2D eigenvalue weighted by Crippen LogP contribution is -2.35. The van der Waals surface area contributed by atoms with Crippen molar-refractivity contribution in [2.45, 2.75) is 13.8 Å². The number of hydrogen-bond acceptors (Lipinski definition) is 5. The molecule has 0 fully saturated rings. The van der Waals surface area contributed by atoms with Crippen LogP contribution in [0.3, 0.4) is 0 Å². The first-order valence-corrected chi connectivity index (χ1v) is 8.47. The quantitative estimate of drug-likeness (QED) is 0.382. The maximum absolute atomic E-state index is 12.2. The molecular weight excluding hydrogens is 364 g/mol. The van der Waals surface area contributed by atoms with Gasteiger partial charge in [-0.2, -0.15) is 0 Å². The van der Waals surface area contributed by atoms with E-state index in [1.165, 1.54) is 32.0 Å². The van der Waals surface area contributed by atoms with Crippen LogP contribution in [0.4, 0.5) is 11.4 Å². The molecule has 0 aromatic heterocycles. The topological polar surface area (TPSA) is 130 Å². The first-order chi connectivity index (χ1) is 13.3. The molecule has 0 saturated carbocycles. The van der Waals surface area contributed by atoms with Crippen molar-refractivity contribution in [3.8, 4) is 0 Å². The summed E-state index contributed by atoms with van der Waals surface area (Å²) in [4.78, 5) is 45.7. The van der Waals surface area contributed by atoms with Gasteiger partial charge in [0.2, 0.25) is 5.91 Å². The highest BCUT2D eigenvalue weighted by molar-refractivity contribution is 5.97. The number of carbonyl (C=O) groups excluding carboxylic acids is 3. The molecule has 146 valence electrons. The summed E-state index contributed by atoms with van der Waals surface area (Å²) in [5.41, 5.74) is 1.38. The number of amides is 3. The molecule has 9 nitrogen and oxygen atoms in total. The van der Waals surface area contributed by atoms with E-state index in [-0.39, 0.29) is 41.7 Å². The van der Waals surface area contributed by atoms with Gasteiger partial charge in [0.15, 0.2) is 0 Å². The zero-order chi connectivity index (χ0) is 20.7. The summed E-state index contributed by atoms with van der Waals surface area (Å²) in [7, 11) is 0. The van der Waals surface area contributed by atoms with Crippen LogP contribution in [0, 0.1) is 17.0 Å². The maximum Gasteiger partial charge on any atom is 0.273 e. The second kappa shape index (κ2) is 9.26. The summed E-state index contributed by atoms with van der Waals surface area (Å²) < 4.78 is 0. The zero-order valence-electron chi connectivity index (χ0n) is 15.4. The van der Waals surface area contributed by atoms with E-state index in [0.717, 1.165) is 0 Å². The highest BCUT2D eigenvalue weighted by Crippen LogP contribution is 2.20. The average Bonchev–Trinajstić information content (AvgIpc) is 2.65. The first kappa shape index (κ1) is 20.6. The number of carbonyl (C=O) groups is 3. The van der Waals surface area contributed by atoms with Gasteiger partial charge in [0.1, 0.15) is 0 Å². The Morgan fingerprint density at radius 2 is 1.57 bits per heavy atom. The zero-order valence-corrected chi connectivity index (χ0v) is 15.4. The third kappa shape index (κ3) is 5.37. The Morgan fingerprint density at radius 1 is 0.964 bits per heavy atom. The molecule has 2 aromatic carbocycles. The number of nitro benzene ring substituents is 1. The van der Waals surface area contributed by atoms with Gasteiger partial charge in [-0.3, -0.25) is 24.5 Å². The van der Waals surface area contributed by atoms with Gasteiger partial charge in [-0.15, -0.1) is 0 Å². The third-order valence-corrected chi connectivity index (χ3v) is 3.91. The van der Waals surface area contributed by atoms with Crippen LogP contribution in [0.5, 0.6) is 0 Å². The van der Waals surface area contributed by atoms with Crippen LogP contribution >= 0.6 is 0 Å². The van der Waals surface area contributed by atoms with E-state index in [0.29, 0.717) is 11.3 Å². The Morgan fingerprint density at radius 3 is 2.14 bits per heavy atom. The number of rotatable bonds is 7. The fourth-order valence-electron chi connectivity index (χ4n) is 2.52. The van der Waals surface area contributed by atoms with Crippen molar-refractivity contribution in [2.75, 3.05) is 18.4 Å². The second-order valence-electron chi connectivity index (χ2n) is 5.98. The Bertz CT molecular complexity index is 909. The average molecular weight is 384 g/mol. The predicted molar refractivity (Wildman–Crippen MR) is 103 cm³/mol. The van der Waals surface area contributed by atoms with Crippen LogP contribution in [0.2, 0.25) is 0 Å². The van der Waals surface area contributed by atoms with Gasteiger partial charge in [0.25, 0.3) is 17.5 Å². The SMILES string of the molecule is CC(=O)Nc1ccc(C(=O)NCCNC(=O)c2cccc([N+](=O)[O-])c2C)cc1. The lowest BCUT2D eigenvalue weighted by Gasteiger charge is -2.09. The summed E-state index contributed by atoms with van der Waals surface area (Å²) in [6, 6.07) is 10.7. The van der Waals surface area contributed by atoms with Gasteiger partial charge in [0, 0.05) is 48.5 Å². The fraction of sp³-hybridized carbons (Fsp3) is 0.211. The molecule has 0 spiro atoms. The van der Waals surface area contributed by atoms with Crippen molar-refractivity contribution < 1.29 is 19.3 Å². The van der Waals surface area contributed by atoms with E-state index in [2.05, 4.69) is 16.0 Å². The maximum atomic E-state index is 12.2. The second-order valence-corrected chi connectivity index (χ2v) is 5.98. The number of hydrogen-bond donors (Lipinski definition) is 3. The molecule has 0 heterocycles. The molecule has 2 aromatic rings. The van der Waals surface area contributed by atoms with Crippen molar-refractivity contribution in [3.05, 3.63) is 69.3 Å². The summed E-state index contributed by atoms with van der Waals surface area (Å²) in [6.45, 7) is 3.26. The molecule has 3 amide bonds. The van der Waals surface area contributed by atoms with Crippen molar-refractivity contribution in [3.63, 3.8) is 0 Å². The summed E-state index contributed by atoms with van der Waals surface area (Å²) in [5, 5.41) is 18.8. The van der Waals surface area contributed by atoms with Gasteiger partial charge in [0.05, 0.1) is 4.92 Å². The minimum Gasteiger partial charge on any atom is -0.350 e. The number of anilines is 1. The number of nitrogens with zero attached hydrogens (tertiary/aromatic N) is 1. The van der Waals surface area contributed by atoms with Crippen LogP contribution in [-0.4, -0.2) is 35.7 Å². The standard InChI is InChI=1S/C19H20N4O5/c1-12-16(4-3-5-17(12)23(27)28)19(26)21-11-10-20-18(25)14-6-8-15(9-7-14)22-13(2)24/h3-9H,10-11H2,1-2H3,(H,20,25)(H,21,26)(H,22,24). The van der Waals surface area contributed by atoms with Crippen molar-refractivity contribution in [1.82, 2.24) is 10.6 Å². The molecule has 0 aliphatic heterocycles. The van der Waals surface area contributed by atoms with Crippen LogP contribution in [0.1, 0.15) is 33.2 Å². The number of nitro groups is 1. The first-order valence-electron chi connectivity index (χ1n) is 8.47. The van der Waals surface area contributed by atoms with Gasteiger partial charge < -0.3 is 16.0 Å². The van der Waals surface area contributed by atoms with Crippen LogP contribution in [-0.2, 0) is 4.79 Å². The number of benzene rings is 2. The Kier molecular flexibility index (Phi) is 6.80. The molecule has 0 unspecified atom stereocenters. The highest BCUT2D eigenvalue weighted by Gasteiger charge is 2.17. The lowest BCUT2D eigenvalue weighted by atomic mass is 10.1. The highest BCUT2D eigenvalue weighted by atomic mass is 16.6. The van der Waals surface area contributed by atoms with E-state index in [1.54, 1.807) is 24.3 Å². The molecule has 28 heavy (non-hydrogen) atoms. The molecule has 0 aliphatic rings. The molecule has 0 radical (unpaired) electrons. The van der Waals surface area contributed by atoms with Crippen molar-refractivity contribution in [1.29, 1.82) is 0 Å². The normalized spacial score (nSPS) is 10.1. The lowest BCUT2D eigenvalue weighted by molar-refractivity contribution is -0.385. The van der Waals surface area contributed by atoms with Crippen LogP contribution in [0.15, 0.2) is 42.5 Å². The minimum atomic E-state index is -0.538. The van der Waals surface area contributed by atoms with Gasteiger partial charge in [-0.1, -0.05) is 6.07 Å². The largest absolute Gasteiger partial charge is 0.350 e. The minimum absolute atomic E-state index is 0.122. The van der Waals surface area contributed by atoms with Gasteiger partial charge in [-0.25, -0.2) is 0 Å². The van der Waals surface area contributed by atoms with Gasteiger partial charge in [-0.05, 0) is 37.3 Å². The smallest absolute Gasteiger partial charge is 0.273 e. The molecule has 0 bridgehead atoms. The molecule has 2 rings (SSSR count). The van der Waals surface area contributed by atoms with E-state index in [9.17, 15) is 24.5 Å². The van der Waals surface area contributed by atoms with Crippen LogP contribution in [0.25, 0.3) is 0 Å². The Balaban J connectivity index is 1.84. The summed E-state index contributed by atoms with van der Waals surface area (Å²) in [5.74, 6) is -0.975. The van der Waals surface area contributed by atoms with E-state index in [1.807, 2.05) is 0 Å². The predicted octanol–water partition coefficient (Wildman–Crippen LogP) is 2.02. The monoisotopic (exact) mass is 384 g/mol. The molecule has 0 atom stereocenters. The molecular formula is C19H20N4O5. The summed E-state index contributed by atoms with van der Waals surface area (Å²) in [6.07, 6.45) is 0. The Hall–Kier alpha value is -3.75. The van der Waals surface area contributed by atoms with E-state index in [4.69, 9.17) is 0 Å². The molecule has 9 heteroatoms. The summed E-state index contributed by atoms with van der Waals surface area (Å²) >= 11 is 0. The van der Waals surface area contributed by atoms with Gasteiger partial charge >= 0.3 is 0 Å². The van der Waals surface area contributed by atoms with E-state index < -0.39 is 10.8 Å². The van der Waals surface area contributed by atoms with Crippen molar-refractivity contribution >= 4 is 29.1 Å².